The van der Waals surface area contributed by atoms with Crippen molar-refractivity contribution in [3.8, 4) is 0 Å². The van der Waals surface area contributed by atoms with Crippen LogP contribution in [-0.4, -0.2) is 44.3 Å². The van der Waals surface area contributed by atoms with Crippen LogP contribution < -0.4 is 5.73 Å². The Balaban J connectivity index is 1.79. The van der Waals surface area contributed by atoms with Crippen molar-refractivity contribution in [1.29, 1.82) is 0 Å². The fourth-order valence-electron chi connectivity index (χ4n) is 3.14. The molecular weight excluding hydrogens is 310 g/mol. The van der Waals surface area contributed by atoms with E-state index in [1.165, 1.54) is 0 Å². The Morgan fingerprint density at radius 1 is 1.18 bits per heavy atom. The van der Waals surface area contributed by atoms with E-state index in [1.807, 2.05) is 20.8 Å². The Hall–Kier alpha value is -1.48. The number of hydrogen-bond acceptors (Lipinski definition) is 7. The molecule has 4 atom stereocenters. The van der Waals surface area contributed by atoms with Gasteiger partial charge in [-0.2, -0.15) is 10.1 Å². The van der Waals surface area contributed by atoms with Crippen LogP contribution in [0.5, 0.6) is 0 Å². The van der Waals surface area contributed by atoms with Crippen LogP contribution in [-0.2, 0) is 14.2 Å². The molecule has 4 rings (SSSR count). The van der Waals surface area contributed by atoms with Gasteiger partial charge in [0.05, 0.1) is 11.8 Å². The quantitative estimate of drug-likeness (QED) is 0.766. The first-order chi connectivity index (χ1) is 10.4. The maximum Gasteiger partial charge on any atom is 0.225 e. The molecule has 2 aromatic rings. The van der Waals surface area contributed by atoms with Crippen molar-refractivity contribution in [3.05, 3.63) is 11.0 Å². The molecule has 2 aromatic heterocycles. The van der Waals surface area contributed by atoms with Gasteiger partial charge < -0.3 is 19.9 Å². The highest BCUT2D eigenvalue weighted by Crippen LogP contribution is 2.45. The number of H-pyrrole nitrogens is 1. The van der Waals surface area contributed by atoms with Gasteiger partial charge in [-0.05, 0) is 32.4 Å². The minimum atomic E-state index is -0.646. The van der Waals surface area contributed by atoms with Crippen LogP contribution in [0.2, 0.25) is 5.28 Å². The van der Waals surface area contributed by atoms with E-state index >= 15 is 0 Å². The molecule has 0 aromatic carbocycles. The standard InChI is InChI=1S/C13H16ClN5O3/c1-4-8-10(22-13(2,3)21-8)9(20-4)6-5-7(19-18-6)11(15)17-12(14)16-5/h4,8-10H,1-3H3,(H,18,19)(H2,15,16,17)/t4-,8-,9+,10-/m1/s1. The average molecular weight is 326 g/mol. The third kappa shape index (κ3) is 1.98. The minimum Gasteiger partial charge on any atom is -0.382 e. The molecule has 0 unspecified atom stereocenters. The SMILES string of the molecule is C[C@H]1O[C@@H](c2[nH]nc3c(N)nc(Cl)nc23)[C@@H]2OC(C)(C)O[C@@H]21. The third-order valence-corrected chi connectivity index (χ3v) is 4.17. The normalized spacial score (nSPS) is 33.5. The highest BCUT2D eigenvalue weighted by molar-refractivity contribution is 6.28. The molecule has 118 valence electrons. The number of nitrogens with zero attached hydrogens (tertiary/aromatic N) is 3. The molecule has 0 amide bonds. The summed E-state index contributed by atoms with van der Waals surface area (Å²) in [6.45, 7) is 5.73. The van der Waals surface area contributed by atoms with E-state index < -0.39 is 5.79 Å². The largest absolute Gasteiger partial charge is 0.382 e. The van der Waals surface area contributed by atoms with E-state index in [-0.39, 0.29) is 35.5 Å². The molecule has 0 spiro atoms. The molecule has 0 aliphatic carbocycles. The summed E-state index contributed by atoms with van der Waals surface area (Å²) in [4.78, 5) is 8.12. The van der Waals surface area contributed by atoms with Crippen LogP contribution in [0.3, 0.4) is 0 Å². The van der Waals surface area contributed by atoms with Gasteiger partial charge in [-0.1, -0.05) is 0 Å². The van der Waals surface area contributed by atoms with E-state index in [0.29, 0.717) is 16.7 Å². The molecule has 3 N–H and O–H groups in total. The predicted molar refractivity (Wildman–Crippen MR) is 78.2 cm³/mol. The number of ether oxygens (including phenoxy) is 3. The summed E-state index contributed by atoms with van der Waals surface area (Å²) in [5.74, 6) is -0.420. The van der Waals surface area contributed by atoms with Crippen LogP contribution in [0.4, 0.5) is 5.82 Å². The lowest BCUT2D eigenvalue weighted by atomic mass is 10.1. The van der Waals surface area contributed by atoms with Gasteiger partial charge in [-0.25, -0.2) is 4.98 Å². The van der Waals surface area contributed by atoms with Crippen LogP contribution >= 0.6 is 11.6 Å². The number of aromatic amines is 1. The van der Waals surface area contributed by atoms with Gasteiger partial charge >= 0.3 is 0 Å². The summed E-state index contributed by atoms with van der Waals surface area (Å²) in [5, 5.41) is 7.17. The van der Waals surface area contributed by atoms with Crippen molar-refractivity contribution in [2.24, 2.45) is 0 Å². The fourth-order valence-corrected chi connectivity index (χ4v) is 3.32. The van der Waals surface area contributed by atoms with E-state index in [2.05, 4.69) is 20.2 Å². The Bertz CT molecular complexity index is 749. The lowest BCUT2D eigenvalue weighted by Crippen LogP contribution is -2.27. The molecular formula is C13H16ClN5O3. The van der Waals surface area contributed by atoms with Gasteiger partial charge in [0.2, 0.25) is 5.28 Å². The second-order valence-corrected chi connectivity index (χ2v) is 6.38. The number of halogens is 1. The highest BCUT2D eigenvalue weighted by atomic mass is 35.5. The zero-order valence-electron chi connectivity index (χ0n) is 12.3. The summed E-state index contributed by atoms with van der Waals surface area (Å²) in [5.41, 5.74) is 7.52. The molecule has 0 bridgehead atoms. The van der Waals surface area contributed by atoms with Gasteiger partial charge in [-0.15, -0.1) is 0 Å². The topological polar surface area (TPSA) is 108 Å². The molecule has 2 fully saturated rings. The van der Waals surface area contributed by atoms with Crippen molar-refractivity contribution in [1.82, 2.24) is 20.2 Å². The van der Waals surface area contributed by atoms with Gasteiger partial charge in [0.15, 0.2) is 17.1 Å². The second-order valence-electron chi connectivity index (χ2n) is 6.04. The summed E-state index contributed by atoms with van der Waals surface area (Å²) in [7, 11) is 0. The molecule has 9 heteroatoms. The van der Waals surface area contributed by atoms with Crippen molar-refractivity contribution in [3.63, 3.8) is 0 Å². The number of rotatable bonds is 1. The number of aromatic nitrogens is 4. The minimum absolute atomic E-state index is 0.0687. The maximum absolute atomic E-state index is 5.99. The molecule has 2 aliphatic rings. The Morgan fingerprint density at radius 3 is 2.68 bits per heavy atom. The first-order valence-electron chi connectivity index (χ1n) is 7.04. The van der Waals surface area contributed by atoms with Crippen molar-refractivity contribution < 1.29 is 14.2 Å². The zero-order valence-corrected chi connectivity index (χ0v) is 13.1. The van der Waals surface area contributed by atoms with Gasteiger partial charge in [-0.3, -0.25) is 5.10 Å². The number of fused-ring (bicyclic) bond motifs is 2. The lowest BCUT2D eigenvalue weighted by Gasteiger charge is -2.22. The van der Waals surface area contributed by atoms with Crippen LogP contribution in [0.1, 0.15) is 32.6 Å². The monoisotopic (exact) mass is 325 g/mol. The number of hydrogen-bond donors (Lipinski definition) is 2. The van der Waals surface area contributed by atoms with Crippen molar-refractivity contribution in [2.75, 3.05) is 5.73 Å². The number of nitrogens with two attached hydrogens (primary N) is 1. The van der Waals surface area contributed by atoms with Gasteiger partial charge in [0.25, 0.3) is 0 Å². The molecule has 8 nitrogen and oxygen atoms in total. The lowest BCUT2D eigenvalue weighted by molar-refractivity contribution is -0.186. The van der Waals surface area contributed by atoms with Crippen LogP contribution in [0.15, 0.2) is 0 Å². The zero-order chi connectivity index (χ0) is 15.6. The van der Waals surface area contributed by atoms with E-state index in [4.69, 9.17) is 31.5 Å². The van der Waals surface area contributed by atoms with Crippen LogP contribution in [0, 0.1) is 0 Å². The summed E-state index contributed by atoms with van der Waals surface area (Å²) in [6.07, 6.45) is -0.876. The van der Waals surface area contributed by atoms with Gasteiger partial charge in [0, 0.05) is 0 Å². The van der Waals surface area contributed by atoms with E-state index in [1.54, 1.807) is 0 Å². The summed E-state index contributed by atoms with van der Waals surface area (Å²) >= 11 is 5.90. The second kappa shape index (κ2) is 4.51. The molecule has 0 radical (unpaired) electrons. The molecule has 2 aliphatic heterocycles. The summed E-state index contributed by atoms with van der Waals surface area (Å²) in [6, 6.07) is 0. The van der Waals surface area contributed by atoms with Gasteiger partial charge in [0.1, 0.15) is 23.8 Å². The number of anilines is 1. The molecule has 4 heterocycles. The van der Waals surface area contributed by atoms with E-state index in [0.717, 1.165) is 0 Å². The predicted octanol–water partition coefficient (Wildman–Crippen LogP) is 1.57. The Labute approximate surface area is 131 Å². The maximum atomic E-state index is 5.99. The fraction of sp³-hybridized carbons (Fsp3) is 0.615. The number of nitrogens with one attached hydrogen (secondary N) is 1. The van der Waals surface area contributed by atoms with Crippen molar-refractivity contribution >= 4 is 28.5 Å². The first kappa shape index (κ1) is 14.1. The molecule has 2 saturated heterocycles. The van der Waals surface area contributed by atoms with E-state index in [9.17, 15) is 0 Å². The average Bonchev–Trinajstić information content (AvgIpc) is 3.03. The summed E-state index contributed by atoms with van der Waals surface area (Å²) < 4.78 is 17.9. The Morgan fingerprint density at radius 2 is 1.91 bits per heavy atom. The van der Waals surface area contributed by atoms with Crippen molar-refractivity contribution in [2.45, 2.75) is 51.0 Å². The first-order valence-corrected chi connectivity index (χ1v) is 7.41. The molecule has 22 heavy (non-hydrogen) atoms. The highest BCUT2D eigenvalue weighted by Gasteiger charge is 2.55. The van der Waals surface area contributed by atoms with Crippen LogP contribution in [0.25, 0.3) is 11.0 Å². The Kier molecular flexibility index (Phi) is 2.90. The molecule has 0 saturated carbocycles. The third-order valence-electron chi connectivity index (χ3n) is 4.00. The number of nitrogen functional groups attached to an aromatic ring is 1. The smallest absolute Gasteiger partial charge is 0.225 e.